The van der Waals surface area contributed by atoms with E-state index in [-0.39, 0.29) is 24.2 Å². The van der Waals surface area contributed by atoms with Crippen molar-refractivity contribution in [2.45, 2.75) is 39.8 Å². The van der Waals surface area contributed by atoms with E-state index in [0.717, 1.165) is 12.0 Å². The molecule has 0 heterocycles. The second-order valence-electron chi connectivity index (χ2n) is 4.56. The number of hydrogen-bond acceptors (Lipinski definition) is 2. The molecule has 3 nitrogen and oxygen atoms in total. The van der Waals surface area contributed by atoms with E-state index in [1.807, 2.05) is 45.0 Å². The van der Waals surface area contributed by atoms with Crippen molar-refractivity contribution < 1.29 is 4.79 Å². The Morgan fingerprint density at radius 2 is 2.00 bits per heavy atom. The zero-order valence-electron chi connectivity index (χ0n) is 11.3. The Labute approximate surface area is 116 Å². The summed E-state index contributed by atoms with van der Waals surface area (Å²) in [6.45, 7) is 6.63. The van der Waals surface area contributed by atoms with Gasteiger partial charge in [-0.15, -0.1) is 12.4 Å². The molecule has 0 fully saturated rings. The maximum atomic E-state index is 11.8. The van der Waals surface area contributed by atoms with E-state index in [1.165, 1.54) is 5.56 Å². The third-order valence-corrected chi connectivity index (χ3v) is 3.27. The number of halogens is 1. The average Bonchev–Trinajstić information content (AvgIpc) is 2.35. The van der Waals surface area contributed by atoms with Crippen LogP contribution in [0, 0.1) is 12.8 Å². The first-order valence-electron chi connectivity index (χ1n) is 6.14. The first-order valence-corrected chi connectivity index (χ1v) is 6.14. The molecule has 2 unspecified atom stereocenters. The minimum absolute atomic E-state index is 0. The minimum Gasteiger partial charge on any atom is -0.351 e. The fourth-order valence-electron chi connectivity index (χ4n) is 1.62. The van der Waals surface area contributed by atoms with Crippen LogP contribution in [0.4, 0.5) is 0 Å². The fourth-order valence-corrected chi connectivity index (χ4v) is 1.62. The van der Waals surface area contributed by atoms with Crippen LogP contribution >= 0.6 is 12.4 Å². The predicted molar refractivity (Wildman–Crippen MR) is 77.7 cm³/mol. The van der Waals surface area contributed by atoms with Crippen LogP contribution < -0.4 is 11.1 Å². The van der Waals surface area contributed by atoms with Crippen molar-refractivity contribution in [2.75, 3.05) is 0 Å². The summed E-state index contributed by atoms with van der Waals surface area (Å²) in [7, 11) is 0. The maximum Gasteiger partial charge on any atom is 0.237 e. The molecule has 0 aliphatic rings. The molecule has 0 radical (unpaired) electrons. The Kier molecular flexibility index (Phi) is 7.64. The number of nitrogens with two attached hydrogens (primary N) is 1. The lowest BCUT2D eigenvalue weighted by molar-refractivity contribution is -0.123. The number of benzene rings is 1. The van der Waals surface area contributed by atoms with Crippen molar-refractivity contribution in [3.05, 3.63) is 35.4 Å². The van der Waals surface area contributed by atoms with Gasteiger partial charge in [-0.2, -0.15) is 0 Å². The molecule has 1 aromatic rings. The van der Waals surface area contributed by atoms with Crippen LogP contribution in [0.3, 0.4) is 0 Å². The molecule has 0 saturated carbocycles. The molecular formula is C14H23ClN2O. The molecule has 4 heteroatoms. The van der Waals surface area contributed by atoms with Gasteiger partial charge in [0, 0.05) is 6.54 Å². The largest absolute Gasteiger partial charge is 0.351 e. The Morgan fingerprint density at radius 3 is 2.56 bits per heavy atom. The molecule has 0 aliphatic carbocycles. The molecule has 1 amide bonds. The maximum absolute atomic E-state index is 11.8. The van der Waals surface area contributed by atoms with Gasteiger partial charge >= 0.3 is 0 Å². The Hall–Kier alpha value is -1.06. The summed E-state index contributed by atoms with van der Waals surface area (Å²) in [4.78, 5) is 11.8. The van der Waals surface area contributed by atoms with Gasteiger partial charge in [0.25, 0.3) is 0 Å². The number of carbonyl (C=O) groups excluding carboxylic acids is 1. The van der Waals surface area contributed by atoms with Crippen molar-refractivity contribution in [1.29, 1.82) is 0 Å². The zero-order valence-corrected chi connectivity index (χ0v) is 12.1. The van der Waals surface area contributed by atoms with Crippen LogP contribution in [0.25, 0.3) is 0 Å². The summed E-state index contributed by atoms with van der Waals surface area (Å²) in [5, 5.41) is 2.89. The monoisotopic (exact) mass is 270 g/mol. The molecule has 102 valence electrons. The summed E-state index contributed by atoms with van der Waals surface area (Å²) < 4.78 is 0. The lowest BCUT2D eigenvalue weighted by atomic mass is 9.99. The normalized spacial score (nSPS) is 13.3. The highest BCUT2D eigenvalue weighted by Crippen LogP contribution is 2.08. The molecule has 2 atom stereocenters. The van der Waals surface area contributed by atoms with Crippen LogP contribution in [0.1, 0.15) is 31.4 Å². The van der Waals surface area contributed by atoms with Crippen LogP contribution in [0.5, 0.6) is 0 Å². The molecule has 1 aromatic carbocycles. The van der Waals surface area contributed by atoms with E-state index in [4.69, 9.17) is 5.73 Å². The number of nitrogens with one attached hydrogen (secondary N) is 1. The van der Waals surface area contributed by atoms with Crippen molar-refractivity contribution in [3.8, 4) is 0 Å². The quantitative estimate of drug-likeness (QED) is 0.863. The van der Waals surface area contributed by atoms with Crippen molar-refractivity contribution in [2.24, 2.45) is 11.7 Å². The van der Waals surface area contributed by atoms with Gasteiger partial charge in [0.05, 0.1) is 6.04 Å². The second-order valence-corrected chi connectivity index (χ2v) is 4.56. The Balaban J connectivity index is 0.00000289. The van der Waals surface area contributed by atoms with Gasteiger partial charge in [0.1, 0.15) is 0 Å². The summed E-state index contributed by atoms with van der Waals surface area (Å²) in [6.07, 6.45) is 0.916. The van der Waals surface area contributed by atoms with Gasteiger partial charge < -0.3 is 11.1 Å². The average molecular weight is 271 g/mol. The highest BCUT2D eigenvalue weighted by atomic mass is 35.5. The van der Waals surface area contributed by atoms with Crippen LogP contribution in [-0.2, 0) is 11.3 Å². The summed E-state index contributed by atoms with van der Waals surface area (Å²) in [6, 6.07) is 7.61. The van der Waals surface area contributed by atoms with Gasteiger partial charge in [0.2, 0.25) is 5.91 Å². The molecule has 0 bridgehead atoms. The fraction of sp³-hybridized carbons (Fsp3) is 0.500. The lowest BCUT2D eigenvalue weighted by Gasteiger charge is -2.18. The number of rotatable bonds is 5. The Bertz CT molecular complexity index is 382. The first kappa shape index (κ1) is 16.9. The summed E-state index contributed by atoms with van der Waals surface area (Å²) in [5.41, 5.74) is 8.18. The van der Waals surface area contributed by atoms with Crippen LogP contribution in [-0.4, -0.2) is 11.9 Å². The molecule has 0 aliphatic heterocycles. The number of hydrogen-bond donors (Lipinski definition) is 2. The van der Waals surface area contributed by atoms with E-state index in [2.05, 4.69) is 5.32 Å². The van der Waals surface area contributed by atoms with E-state index in [0.29, 0.717) is 6.54 Å². The van der Waals surface area contributed by atoms with Crippen LogP contribution in [0.2, 0.25) is 0 Å². The molecular weight excluding hydrogens is 248 g/mol. The van der Waals surface area contributed by atoms with Crippen LogP contribution in [0.15, 0.2) is 24.3 Å². The van der Waals surface area contributed by atoms with Crippen molar-refractivity contribution >= 4 is 18.3 Å². The van der Waals surface area contributed by atoms with Gasteiger partial charge in [0.15, 0.2) is 0 Å². The number of amides is 1. The number of aryl methyl sites for hydroxylation is 1. The second kappa shape index (κ2) is 8.11. The molecule has 18 heavy (non-hydrogen) atoms. The van der Waals surface area contributed by atoms with E-state index in [9.17, 15) is 4.79 Å². The van der Waals surface area contributed by atoms with Crippen molar-refractivity contribution in [1.82, 2.24) is 5.32 Å². The summed E-state index contributed by atoms with van der Waals surface area (Å²) in [5.74, 6) is 0.148. The molecule has 0 aromatic heterocycles. The van der Waals surface area contributed by atoms with E-state index >= 15 is 0 Å². The predicted octanol–water partition coefficient (Wildman–Crippen LogP) is 2.41. The SMILES string of the molecule is CCC(C)C(N)C(=O)NCc1ccccc1C.Cl. The highest BCUT2D eigenvalue weighted by Gasteiger charge is 2.18. The molecule has 0 saturated heterocycles. The van der Waals surface area contributed by atoms with Gasteiger partial charge in [-0.1, -0.05) is 44.5 Å². The number of carbonyl (C=O) groups is 1. The van der Waals surface area contributed by atoms with E-state index < -0.39 is 6.04 Å². The van der Waals surface area contributed by atoms with E-state index in [1.54, 1.807) is 0 Å². The Morgan fingerprint density at radius 1 is 1.39 bits per heavy atom. The van der Waals surface area contributed by atoms with Gasteiger partial charge in [-0.25, -0.2) is 0 Å². The lowest BCUT2D eigenvalue weighted by Crippen LogP contribution is -2.44. The molecule has 3 N–H and O–H groups in total. The van der Waals surface area contributed by atoms with Crippen molar-refractivity contribution in [3.63, 3.8) is 0 Å². The zero-order chi connectivity index (χ0) is 12.8. The minimum atomic E-state index is -0.413. The third kappa shape index (κ3) is 4.67. The molecule has 1 rings (SSSR count). The standard InChI is InChI=1S/C14H22N2O.ClH/c1-4-10(2)13(15)14(17)16-9-12-8-6-5-7-11(12)3;/h5-8,10,13H,4,9,15H2,1-3H3,(H,16,17);1H. The summed E-state index contributed by atoms with van der Waals surface area (Å²) >= 11 is 0. The smallest absolute Gasteiger partial charge is 0.237 e. The molecule has 0 spiro atoms. The highest BCUT2D eigenvalue weighted by molar-refractivity contribution is 5.85. The van der Waals surface area contributed by atoms with Gasteiger partial charge in [-0.3, -0.25) is 4.79 Å². The van der Waals surface area contributed by atoms with Gasteiger partial charge in [-0.05, 0) is 24.0 Å². The first-order chi connectivity index (χ1) is 8.06. The topological polar surface area (TPSA) is 55.1 Å². The third-order valence-electron chi connectivity index (χ3n) is 3.27.